The fourth-order valence-electron chi connectivity index (χ4n) is 3.70. The van der Waals surface area contributed by atoms with E-state index in [1.54, 1.807) is 28.8 Å². The molecule has 146 valence electrons. The molecule has 0 spiro atoms. The van der Waals surface area contributed by atoms with Gasteiger partial charge < -0.3 is 5.32 Å². The van der Waals surface area contributed by atoms with Crippen molar-refractivity contribution in [1.29, 1.82) is 0 Å². The van der Waals surface area contributed by atoms with Crippen LogP contribution in [0.4, 0.5) is 5.13 Å². The van der Waals surface area contributed by atoms with Gasteiger partial charge in [-0.05, 0) is 50.0 Å². The summed E-state index contributed by atoms with van der Waals surface area (Å²) in [7, 11) is -3.51. The number of piperidine rings is 1. The van der Waals surface area contributed by atoms with Gasteiger partial charge in [0.15, 0.2) is 5.13 Å². The van der Waals surface area contributed by atoms with Crippen molar-refractivity contribution < 1.29 is 13.2 Å². The van der Waals surface area contributed by atoms with Gasteiger partial charge in [0.25, 0.3) is 10.0 Å². The molecule has 0 bridgehead atoms. The molecule has 0 radical (unpaired) electrons. The smallest absolute Gasteiger partial charge is 0.252 e. The first-order valence-corrected chi connectivity index (χ1v) is 12.5. The minimum absolute atomic E-state index is 0.120. The molecule has 1 fully saturated rings. The summed E-state index contributed by atoms with van der Waals surface area (Å²) < 4.78 is 27.3. The molecule has 6 nitrogen and oxygen atoms in total. The van der Waals surface area contributed by atoms with Crippen molar-refractivity contribution in [2.75, 3.05) is 18.4 Å². The Morgan fingerprint density at radius 3 is 2.89 bits per heavy atom. The van der Waals surface area contributed by atoms with Crippen LogP contribution in [0.1, 0.15) is 42.7 Å². The molecule has 3 heterocycles. The highest BCUT2D eigenvalue weighted by molar-refractivity contribution is 7.91. The zero-order chi connectivity index (χ0) is 18.9. The van der Waals surface area contributed by atoms with E-state index in [0.29, 0.717) is 28.7 Å². The van der Waals surface area contributed by atoms with Crippen LogP contribution in [0.15, 0.2) is 21.7 Å². The predicted octanol–water partition coefficient (Wildman–Crippen LogP) is 3.51. The molecule has 0 saturated carbocycles. The largest absolute Gasteiger partial charge is 0.302 e. The number of aromatic nitrogens is 1. The first-order chi connectivity index (χ1) is 13.0. The van der Waals surface area contributed by atoms with E-state index in [4.69, 9.17) is 0 Å². The Morgan fingerprint density at radius 2 is 2.07 bits per heavy atom. The highest BCUT2D eigenvalue weighted by Crippen LogP contribution is 2.30. The first kappa shape index (κ1) is 19.0. The second-order valence-electron chi connectivity index (χ2n) is 7.07. The number of thiophene rings is 1. The van der Waals surface area contributed by atoms with Crippen LogP contribution in [-0.4, -0.2) is 36.7 Å². The number of amides is 1. The summed E-state index contributed by atoms with van der Waals surface area (Å²) in [6, 6.07) is 3.35. The molecular weight excluding hydrogens is 402 g/mol. The van der Waals surface area contributed by atoms with Gasteiger partial charge in [0, 0.05) is 18.0 Å². The summed E-state index contributed by atoms with van der Waals surface area (Å²) in [5.74, 6) is -0.456. The number of hydrogen-bond donors (Lipinski definition) is 1. The molecule has 0 aromatic carbocycles. The van der Waals surface area contributed by atoms with Crippen LogP contribution in [0, 0.1) is 5.92 Å². The third-order valence-corrected chi connectivity index (χ3v) is 9.48. The SMILES string of the molecule is O=C(Nc1nc2c(s1)CCCCC2)[C@H]1CCCN(S(=O)(=O)c2cccs2)C1. The first-order valence-electron chi connectivity index (χ1n) is 9.37. The van der Waals surface area contributed by atoms with Crippen molar-refractivity contribution in [2.24, 2.45) is 5.92 Å². The van der Waals surface area contributed by atoms with Gasteiger partial charge in [0.05, 0.1) is 11.6 Å². The summed E-state index contributed by atoms with van der Waals surface area (Å²) in [6.45, 7) is 0.701. The summed E-state index contributed by atoms with van der Waals surface area (Å²) in [5.41, 5.74) is 1.12. The fraction of sp³-hybridized carbons (Fsp3) is 0.556. The molecule has 2 aromatic rings. The minimum atomic E-state index is -3.51. The Labute approximate surface area is 167 Å². The lowest BCUT2D eigenvalue weighted by atomic mass is 9.99. The van der Waals surface area contributed by atoms with Crippen molar-refractivity contribution in [1.82, 2.24) is 9.29 Å². The van der Waals surface area contributed by atoms with Crippen molar-refractivity contribution in [2.45, 2.75) is 49.2 Å². The molecule has 1 aliphatic heterocycles. The van der Waals surface area contributed by atoms with Crippen LogP contribution in [-0.2, 0) is 27.7 Å². The quantitative estimate of drug-likeness (QED) is 0.760. The third kappa shape index (κ3) is 4.11. The second kappa shape index (κ2) is 7.98. The Balaban J connectivity index is 1.43. The van der Waals surface area contributed by atoms with Crippen LogP contribution >= 0.6 is 22.7 Å². The molecular formula is C18H23N3O3S3. The molecule has 1 N–H and O–H groups in total. The maximum absolute atomic E-state index is 12.7. The molecule has 1 saturated heterocycles. The molecule has 1 aliphatic carbocycles. The van der Waals surface area contributed by atoms with Crippen LogP contribution < -0.4 is 5.32 Å². The molecule has 1 amide bonds. The number of rotatable bonds is 4. The Bertz CT molecular complexity index is 882. The van der Waals surface area contributed by atoms with E-state index in [9.17, 15) is 13.2 Å². The number of carbonyl (C=O) groups excluding carboxylic acids is 1. The van der Waals surface area contributed by atoms with E-state index in [1.807, 2.05) is 0 Å². The molecule has 2 aromatic heterocycles. The summed E-state index contributed by atoms with van der Waals surface area (Å²) in [5, 5.41) is 5.36. The lowest BCUT2D eigenvalue weighted by Crippen LogP contribution is -2.43. The number of aryl methyl sites for hydroxylation is 2. The number of carbonyl (C=O) groups is 1. The number of hydrogen-bond acceptors (Lipinski definition) is 6. The van der Waals surface area contributed by atoms with E-state index in [1.165, 1.54) is 33.4 Å². The number of nitrogens with zero attached hydrogens (tertiary/aromatic N) is 2. The summed E-state index contributed by atoms with van der Waals surface area (Å²) in [6.07, 6.45) is 6.99. The van der Waals surface area contributed by atoms with Crippen molar-refractivity contribution in [3.63, 3.8) is 0 Å². The van der Waals surface area contributed by atoms with Gasteiger partial charge >= 0.3 is 0 Å². The maximum atomic E-state index is 12.7. The van der Waals surface area contributed by atoms with Gasteiger partial charge in [-0.15, -0.1) is 22.7 Å². The average Bonchev–Trinajstić information content (AvgIpc) is 3.28. The third-order valence-electron chi connectivity index (χ3n) is 5.17. The molecule has 9 heteroatoms. The molecule has 27 heavy (non-hydrogen) atoms. The number of sulfonamides is 1. The van der Waals surface area contributed by atoms with Gasteiger partial charge in [-0.3, -0.25) is 4.79 Å². The maximum Gasteiger partial charge on any atom is 0.252 e. The number of fused-ring (bicyclic) bond motifs is 1. The molecule has 0 unspecified atom stereocenters. The van der Waals surface area contributed by atoms with Crippen LogP contribution in [0.25, 0.3) is 0 Å². The normalized spacial score (nSPS) is 21.4. The highest BCUT2D eigenvalue weighted by atomic mass is 32.2. The number of thiazole rings is 1. The summed E-state index contributed by atoms with van der Waals surface area (Å²) >= 11 is 2.79. The molecule has 1 atom stereocenters. The highest BCUT2D eigenvalue weighted by Gasteiger charge is 2.34. The second-order valence-corrected chi connectivity index (χ2v) is 11.3. The van der Waals surface area contributed by atoms with E-state index in [0.717, 1.165) is 25.0 Å². The Morgan fingerprint density at radius 1 is 1.22 bits per heavy atom. The van der Waals surface area contributed by atoms with Crippen LogP contribution in [0.5, 0.6) is 0 Å². The standard InChI is InChI=1S/C18H23N3O3S3/c22-17(20-18-19-14-7-2-1-3-8-15(14)26-18)13-6-4-10-21(12-13)27(23,24)16-9-5-11-25-16/h5,9,11,13H,1-4,6-8,10,12H2,(H,19,20,22)/t13-/m0/s1. The van der Waals surface area contributed by atoms with Crippen LogP contribution in [0.2, 0.25) is 0 Å². The number of nitrogens with one attached hydrogen (secondary N) is 1. The zero-order valence-electron chi connectivity index (χ0n) is 15.0. The Kier molecular flexibility index (Phi) is 5.63. The van der Waals surface area contributed by atoms with Crippen LogP contribution in [0.3, 0.4) is 0 Å². The average molecular weight is 426 g/mol. The van der Waals surface area contributed by atoms with Gasteiger partial charge in [0.1, 0.15) is 4.21 Å². The van der Waals surface area contributed by atoms with Crippen molar-refractivity contribution in [3.05, 3.63) is 28.1 Å². The van der Waals surface area contributed by atoms with E-state index in [-0.39, 0.29) is 18.4 Å². The van der Waals surface area contributed by atoms with Gasteiger partial charge in [-0.25, -0.2) is 13.4 Å². The topological polar surface area (TPSA) is 79.4 Å². The molecule has 4 rings (SSSR count). The number of anilines is 1. The summed E-state index contributed by atoms with van der Waals surface area (Å²) in [4.78, 5) is 18.6. The zero-order valence-corrected chi connectivity index (χ0v) is 17.5. The van der Waals surface area contributed by atoms with E-state index in [2.05, 4.69) is 10.3 Å². The predicted molar refractivity (Wildman–Crippen MR) is 108 cm³/mol. The monoisotopic (exact) mass is 425 g/mol. The Hall–Kier alpha value is -1.29. The lowest BCUT2D eigenvalue weighted by molar-refractivity contribution is -0.120. The molecule has 2 aliphatic rings. The van der Waals surface area contributed by atoms with Gasteiger partial charge in [0.2, 0.25) is 5.91 Å². The van der Waals surface area contributed by atoms with E-state index >= 15 is 0 Å². The fourth-order valence-corrected chi connectivity index (χ4v) is 7.42. The lowest BCUT2D eigenvalue weighted by Gasteiger charge is -2.30. The van der Waals surface area contributed by atoms with Gasteiger partial charge in [-0.1, -0.05) is 12.5 Å². The van der Waals surface area contributed by atoms with Crippen molar-refractivity contribution >= 4 is 43.7 Å². The van der Waals surface area contributed by atoms with E-state index < -0.39 is 10.0 Å². The van der Waals surface area contributed by atoms with Crippen molar-refractivity contribution in [3.8, 4) is 0 Å². The minimum Gasteiger partial charge on any atom is -0.302 e. The van der Waals surface area contributed by atoms with Gasteiger partial charge in [-0.2, -0.15) is 4.31 Å².